The Balaban J connectivity index is 1.87. The lowest BCUT2D eigenvalue weighted by Gasteiger charge is -2.00. The predicted molar refractivity (Wildman–Crippen MR) is 80.7 cm³/mol. The molecule has 110 valence electrons. The Morgan fingerprint density at radius 1 is 1.38 bits per heavy atom. The Morgan fingerprint density at radius 3 is 2.81 bits per heavy atom. The van der Waals surface area contributed by atoms with E-state index in [1.165, 1.54) is 28.0 Å². The van der Waals surface area contributed by atoms with E-state index in [0.717, 1.165) is 21.5 Å². The number of nitrogens with two attached hydrogens (primary N) is 1. The topological polar surface area (TPSA) is 95.6 Å². The molecular weight excluding hydrogens is 308 g/mol. The van der Waals surface area contributed by atoms with E-state index in [2.05, 4.69) is 33.4 Å². The molecule has 0 unspecified atom stereocenters. The molecule has 21 heavy (non-hydrogen) atoms. The zero-order valence-corrected chi connectivity index (χ0v) is 13.4. The third kappa shape index (κ3) is 2.66. The zero-order valence-electron chi connectivity index (χ0n) is 11.8. The highest BCUT2D eigenvalue weighted by atomic mass is 32.2. The fourth-order valence-corrected chi connectivity index (χ4v) is 3.33. The summed E-state index contributed by atoms with van der Waals surface area (Å²) in [5.74, 6) is 8.52. The van der Waals surface area contributed by atoms with Gasteiger partial charge in [-0.2, -0.15) is 4.37 Å². The first-order chi connectivity index (χ1) is 10.1. The second kappa shape index (κ2) is 5.49. The van der Waals surface area contributed by atoms with Crippen LogP contribution in [0.25, 0.3) is 11.4 Å². The van der Waals surface area contributed by atoms with Gasteiger partial charge in [0.15, 0.2) is 10.2 Å². The van der Waals surface area contributed by atoms with Crippen LogP contribution < -0.4 is 5.84 Å². The molecule has 0 fully saturated rings. The summed E-state index contributed by atoms with van der Waals surface area (Å²) in [5.41, 5.74) is 0.831. The molecule has 0 spiro atoms. The molecule has 0 atom stereocenters. The van der Waals surface area contributed by atoms with Gasteiger partial charge in [0, 0.05) is 5.92 Å². The van der Waals surface area contributed by atoms with E-state index in [9.17, 15) is 0 Å². The Hall–Kier alpha value is -1.87. The van der Waals surface area contributed by atoms with E-state index in [4.69, 9.17) is 10.3 Å². The summed E-state index contributed by atoms with van der Waals surface area (Å²) in [6.07, 6.45) is 1.60. The smallest absolute Gasteiger partial charge is 0.217 e. The Kier molecular flexibility index (Phi) is 3.68. The fourth-order valence-electron chi connectivity index (χ4n) is 1.72. The van der Waals surface area contributed by atoms with Gasteiger partial charge in [0.2, 0.25) is 5.16 Å². The third-order valence-electron chi connectivity index (χ3n) is 2.88. The quantitative estimate of drug-likeness (QED) is 0.738. The van der Waals surface area contributed by atoms with Crippen molar-refractivity contribution in [2.75, 3.05) is 5.84 Å². The molecule has 0 radical (unpaired) electrons. The van der Waals surface area contributed by atoms with Crippen LogP contribution in [-0.2, 0) is 0 Å². The third-order valence-corrected chi connectivity index (χ3v) is 4.61. The van der Waals surface area contributed by atoms with Crippen molar-refractivity contribution in [1.29, 1.82) is 0 Å². The number of rotatable bonds is 4. The van der Waals surface area contributed by atoms with E-state index in [1.807, 2.05) is 13.0 Å². The van der Waals surface area contributed by atoms with Gasteiger partial charge in [-0.1, -0.05) is 13.8 Å². The van der Waals surface area contributed by atoms with Gasteiger partial charge in [-0.15, -0.1) is 10.2 Å². The fraction of sp³-hybridized carbons (Fsp3) is 0.333. The molecule has 7 nitrogen and oxygen atoms in total. The average Bonchev–Trinajstić information content (AvgIpc) is 3.13. The van der Waals surface area contributed by atoms with Crippen molar-refractivity contribution < 1.29 is 4.42 Å². The minimum Gasteiger partial charge on any atom is -0.469 e. The van der Waals surface area contributed by atoms with Crippen LogP contribution in [0, 0.1) is 6.92 Å². The van der Waals surface area contributed by atoms with E-state index in [1.54, 1.807) is 6.26 Å². The molecule has 2 N–H and O–H groups in total. The normalized spacial score (nSPS) is 11.4. The van der Waals surface area contributed by atoms with Gasteiger partial charge in [0.05, 0.1) is 11.8 Å². The highest BCUT2D eigenvalue weighted by molar-refractivity contribution is 8.00. The molecule has 9 heteroatoms. The van der Waals surface area contributed by atoms with Crippen molar-refractivity contribution in [3.63, 3.8) is 0 Å². The average molecular weight is 322 g/mol. The minimum absolute atomic E-state index is 0.301. The van der Waals surface area contributed by atoms with E-state index in [-0.39, 0.29) is 0 Å². The van der Waals surface area contributed by atoms with Gasteiger partial charge in [-0.3, -0.25) is 0 Å². The predicted octanol–water partition coefficient (Wildman–Crippen LogP) is 2.69. The van der Waals surface area contributed by atoms with Gasteiger partial charge in [0.25, 0.3) is 0 Å². The monoisotopic (exact) mass is 322 g/mol. The summed E-state index contributed by atoms with van der Waals surface area (Å²) < 4.78 is 11.8. The number of aryl methyl sites for hydroxylation is 1. The summed E-state index contributed by atoms with van der Waals surface area (Å²) >= 11 is 2.69. The first-order valence-electron chi connectivity index (χ1n) is 6.32. The summed E-state index contributed by atoms with van der Waals surface area (Å²) in [5, 5.41) is 8.80. The summed E-state index contributed by atoms with van der Waals surface area (Å²) in [6, 6.07) is 1.82. The molecule has 3 rings (SSSR count). The SMILES string of the molecule is Cc1occc1-c1nnc(Sc2nc(C(C)C)ns2)n1N. The van der Waals surface area contributed by atoms with Crippen LogP contribution >= 0.6 is 23.3 Å². The van der Waals surface area contributed by atoms with Crippen LogP contribution in [0.2, 0.25) is 0 Å². The number of nitrogens with zero attached hydrogens (tertiary/aromatic N) is 5. The number of hydrogen-bond donors (Lipinski definition) is 1. The largest absolute Gasteiger partial charge is 0.469 e. The van der Waals surface area contributed by atoms with Crippen LogP contribution in [-0.4, -0.2) is 24.2 Å². The van der Waals surface area contributed by atoms with E-state index < -0.39 is 0 Å². The second-order valence-corrected chi connectivity index (χ2v) is 6.71. The maximum absolute atomic E-state index is 6.06. The zero-order chi connectivity index (χ0) is 15.0. The van der Waals surface area contributed by atoms with Crippen LogP contribution in [0.5, 0.6) is 0 Å². The number of nitrogen functional groups attached to an aromatic ring is 1. The molecule has 3 heterocycles. The maximum Gasteiger partial charge on any atom is 0.217 e. The van der Waals surface area contributed by atoms with Gasteiger partial charge in [0.1, 0.15) is 11.6 Å². The van der Waals surface area contributed by atoms with Crippen molar-refractivity contribution in [3.05, 3.63) is 23.9 Å². The first kappa shape index (κ1) is 14.1. The number of hydrogen-bond acceptors (Lipinski definition) is 8. The summed E-state index contributed by atoms with van der Waals surface area (Å²) in [4.78, 5) is 4.45. The van der Waals surface area contributed by atoms with Crippen LogP contribution in [0.1, 0.15) is 31.4 Å². The van der Waals surface area contributed by atoms with Crippen molar-refractivity contribution in [1.82, 2.24) is 24.2 Å². The molecule has 0 amide bonds. The van der Waals surface area contributed by atoms with Crippen molar-refractivity contribution in [2.45, 2.75) is 36.2 Å². The molecule has 0 aliphatic heterocycles. The van der Waals surface area contributed by atoms with Crippen molar-refractivity contribution in [3.8, 4) is 11.4 Å². The molecular formula is C12H14N6OS2. The number of furan rings is 1. The van der Waals surface area contributed by atoms with E-state index >= 15 is 0 Å². The van der Waals surface area contributed by atoms with Gasteiger partial charge in [-0.05, 0) is 36.3 Å². The molecule has 0 aromatic carbocycles. The highest BCUT2D eigenvalue weighted by Gasteiger charge is 2.18. The lowest BCUT2D eigenvalue weighted by atomic mass is 10.2. The van der Waals surface area contributed by atoms with E-state index in [0.29, 0.717) is 16.9 Å². The lowest BCUT2D eigenvalue weighted by Crippen LogP contribution is -2.11. The first-order valence-corrected chi connectivity index (χ1v) is 7.91. The maximum atomic E-state index is 6.06. The molecule has 3 aromatic rings. The van der Waals surface area contributed by atoms with Gasteiger partial charge < -0.3 is 10.3 Å². The molecule has 3 aromatic heterocycles. The Morgan fingerprint density at radius 2 is 2.19 bits per heavy atom. The van der Waals surface area contributed by atoms with Crippen molar-refractivity contribution >= 4 is 23.3 Å². The van der Waals surface area contributed by atoms with Crippen molar-refractivity contribution in [2.24, 2.45) is 0 Å². The summed E-state index contributed by atoms with van der Waals surface area (Å²) in [6.45, 7) is 5.97. The Labute approximate surface area is 129 Å². The lowest BCUT2D eigenvalue weighted by molar-refractivity contribution is 0.535. The highest BCUT2D eigenvalue weighted by Crippen LogP contribution is 2.31. The van der Waals surface area contributed by atoms with Gasteiger partial charge in [-0.25, -0.2) is 9.66 Å². The minimum atomic E-state index is 0.301. The number of aromatic nitrogens is 5. The van der Waals surface area contributed by atoms with Gasteiger partial charge >= 0.3 is 0 Å². The Bertz CT molecular complexity index is 759. The molecule has 0 bridgehead atoms. The second-order valence-electron chi connectivity index (χ2n) is 4.74. The standard InChI is InChI=1S/C12H14N6OS2/c1-6(2)9-14-12(21-17-9)20-11-16-15-10(18(11)13)8-4-5-19-7(8)3/h4-6H,13H2,1-3H3. The molecule has 0 saturated heterocycles. The summed E-state index contributed by atoms with van der Waals surface area (Å²) in [7, 11) is 0. The molecule has 0 aliphatic carbocycles. The van der Waals surface area contributed by atoms with Crippen LogP contribution in [0.4, 0.5) is 0 Å². The molecule has 0 saturated carbocycles. The molecule has 0 aliphatic rings. The van der Waals surface area contributed by atoms with Crippen LogP contribution in [0.15, 0.2) is 26.2 Å². The van der Waals surface area contributed by atoms with Crippen LogP contribution in [0.3, 0.4) is 0 Å².